The molecule has 2 nitrogen and oxygen atoms in total. The summed E-state index contributed by atoms with van der Waals surface area (Å²) in [5, 5.41) is 3.22. The van der Waals surface area contributed by atoms with Gasteiger partial charge in [0.05, 0.1) is 6.54 Å². The fourth-order valence-corrected chi connectivity index (χ4v) is 1.64. The van der Waals surface area contributed by atoms with Gasteiger partial charge in [0.2, 0.25) is 0 Å². The summed E-state index contributed by atoms with van der Waals surface area (Å²) in [5.41, 5.74) is 2.48. The summed E-state index contributed by atoms with van der Waals surface area (Å²) in [6.45, 7) is 5.86. The first-order valence-electron chi connectivity index (χ1n) is 5.68. The maximum absolute atomic E-state index is 5.34. The fourth-order valence-electron chi connectivity index (χ4n) is 1.64. The molecule has 0 aliphatic carbocycles. The van der Waals surface area contributed by atoms with E-state index in [-0.39, 0.29) is 0 Å². The Morgan fingerprint density at radius 1 is 1.38 bits per heavy atom. The lowest BCUT2D eigenvalue weighted by Gasteiger charge is -2.21. The van der Waals surface area contributed by atoms with Crippen LogP contribution in [-0.4, -0.2) is 20.1 Å². The normalized spacial score (nSPS) is 11.9. The van der Waals surface area contributed by atoms with Gasteiger partial charge >= 0.3 is 0 Å². The van der Waals surface area contributed by atoms with Crippen LogP contribution in [0.3, 0.4) is 0 Å². The van der Waals surface area contributed by atoms with Crippen molar-refractivity contribution in [3.63, 3.8) is 0 Å². The lowest BCUT2D eigenvalue weighted by molar-refractivity contribution is 0.652. The van der Waals surface area contributed by atoms with E-state index in [2.05, 4.69) is 54.3 Å². The smallest absolute Gasteiger partial charge is 0.0791 e. The molecule has 0 aromatic heterocycles. The van der Waals surface area contributed by atoms with E-state index in [1.165, 1.54) is 11.3 Å². The van der Waals surface area contributed by atoms with Crippen molar-refractivity contribution in [2.75, 3.05) is 25.0 Å². The first kappa shape index (κ1) is 12.6. The number of rotatable bonds is 5. The van der Waals surface area contributed by atoms with Gasteiger partial charge in [0.15, 0.2) is 0 Å². The second-order valence-electron chi connectivity index (χ2n) is 3.82. The highest BCUT2D eigenvalue weighted by molar-refractivity contribution is 5.48. The minimum Gasteiger partial charge on any atom is -0.361 e. The van der Waals surface area contributed by atoms with Gasteiger partial charge in [0, 0.05) is 18.3 Å². The average Bonchev–Trinajstić information content (AvgIpc) is 2.35. The predicted octanol–water partition coefficient (Wildman–Crippen LogP) is 2.43. The Labute approximate surface area is 98.7 Å². The molecule has 1 rings (SSSR count). The molecule has 0 spiro atoms. The second-order valence-corrected chi connectivity index (χ2v) is 3.82. The molecule has 0 amide bonds. The zero-order valence-electron chi connectivity index (χ0n) is 10.3. The van der Waals surface area contributed by atoms with Gasteiger partial charge in [-0.2, -0.15) is 0 Å². The largest absolute Gasteiger partial charge is 0.361 e. The van der Waals surface area contributed by atoms with Crippen LogP contribution in [0.15, 0.2) is 24.3 Å². The topological polar surface area (TPSA) is 15.3 Å². The summed E-state index contributed by atoms with van der Waals surface area (Å²) in [6.07, 6.45) is 5.34. The molecule has 0 aliphatic rings. The van der Waals surface area contributed by atoms with Crippen LogP contribution in [0.4, 0.5) is 5.69 Å². The van der Waals surface area contributed by atoms with Crippen LogP contribution >= 0.6 is 0 Å². The zero-order chi connectivity index (χ0) is 12.0. The number of hydrogen-bond donors (Lipinski definition) is 1. The van der Waals surface area contributed by atoms with Crippen molar-refractivity contribution in [3.05, 3.63) is 29.8 Å². The number of terminal acetylenes is 1. The first-order valence-corrected chi connectivity index (χ1v) is 5.68. The van der Waals surface area contributed by atoms with Gasteiger partial charge < -0.3 is 10.2 Å². The molecule has 0 heterocycles. The highest BCUT2D eigenvalue weighted by Gasteiger charge is 2.05. The van der Waals surface area contributed by atoms with Crippen molar-refractivity contribution >= 4 is 5.69 Å². The molecule has 1 aromatic rings. The molecule has 0 bridgehead atoms. The lowest BCUT2D eigenvalue weighted by atomic mass is 10.1. The molecular formula is C14H20N2. The van der Waals surface area contributed by atoms with Crippen LogP contribution in [-0.2, 0) is 0 Å². The molecule has 1 atom stereocenters. The van der Waals surface area contributed by atoms with Gasteiger partial charge in [-0.3, -0.25) is 0 Å². The Bertz CT molecular complexity index is 348. The number of benzene rings is 1. The molecule has 1 unspecified atom stereocenters. The molecule has 86 valence electrons. The second kappa shape index (κ2) is 6.19. The number of nitrogens with one attached hydrogen (secondary N) is 1. The Balaban J connectivity index is 2.81. The minimum atomic E-state index is 0.386. The van der Waals surface area contributed by atoms with Crippen LogP contribution in [0.2, 0.25) is 0 Å². The quantitative estimate of drug-likeness (QED) is 0.760. The average molecular weight is 216 g/mol. The van der Waals surface area contributed by atoms with E-state index in [0.717, 1.165) is 6.54 Å². The number of nitrogens with zero attached hydrogens (tertiary/aromatic N) is 1. The van der Waals surface area contributed by atoms with E-state index < -0.39 is 0 Å². The van der Waals surface area contributed by atoms with Crippen LogP contribution in [0.5, 0.6) is 0 Å². The molecule has 0 saturated heterocycles. The van der Waals surface area contributed by atoms with Gasteiger partial charge in [0.1, 0.15) is 0 Å². The summed E-state index contributed by atoms with van der Waals surface area (Å²) in [7, 11) is 1.97. The standard InChI is InChI=1S/C14H20N2/c1-5-11-16(6-2)14-9-7-13(8-10-14)12(3)15-4/h1,7-10,12,15H,6,11H2,2-4H3. The Hall–Kier alpha value is -1.46. The van der Waals surface area contributed by atoms with Gasteiger partial charge in [-0.05, 0) is 38.6 Å². The SMILES string of the molecule is C#CCN(CC)c1ccc(C(C)NC)cc1. The molecule has 1 aromatic carbocycles. The van der Waals surface area contributed by atoms with Crippen molar-refractivity contribution in [1.82, 2.24) is 5.32 Å². The monoisotopic (exact) mass is 216 g/mol. The highest BCUT2D eigenvalue weighted by Crippen LogP contribution is 2.18. The van der Waals surface area contributed by atoms with E-state index >= 15 is 0 Å². The molecule has 0 saturated carbocycles. The maximum atomic E-state index is 5.34. The van der Waals surface area contributed by atoms with E-state index in [9.17, 15) is 0 Å². The third kappa shape index (κ3) is 3.01. The molecule has 0 radical (unpaired) electrons. The Morgan fingerprint density at radius 3 is 2.44 bits per heavy atom. The number of anilines is 1. The van der Waals surface area contributed by atoms with E-state index in [0.29, 0.717) is 12.6 Å². The Kier molecular flexibility index (Phi) is 4.88. The zero-order valence-corrected chi connectivity index (χ0v) is 10.3. The third-order valence-corrected chi connectivity index (χ3v) is 2.86. The third-order valence-electron chi connectivity index (χ3n) is 2.86. The summed E-state index contributed by atoms with van der Waals surface area (Å²) < 4.78 is 0. The van der Waals surface area contributed by atoms with Crippen molar-refractivity contribution in [2.24, 2.45) is 0 Å². The molecule has 0 aliphatic heterocycles. The maximum Gasteiger partial charge on any atom is 0.0791 e. The van der Waals surface area contributed by atoms with Gasteiger partial charge in [-0.1, -0.05) is 18.1 Å². The van der Waals surface area contributed by atoms with Gasteiger partial charge in [0.25, 0.3) is 0 Å². The minimum absolute atomic E-state index is 0.386. The summed E-state index contributed by atoms with van der Waals surface area (Å²) in [6, 6.07) is 8.94. The van der Waals surface area contributed by atoms with Crippen LogP contribution in [0, 0.1) is 12.3 Å². The molecule has 0 fully saturated rings. The summed E-state index contributed by atoms with van der Waals surface area (Å²) in [5.74, 6) is 2.68. The van der Waals surface area contributed by atoms with E-state index in [4.69, 9.17) is 6.42 Å². The predicted molar refractivity (Wildman–Crippen MR) is 70.6 cm³/mol. The summed E-state index contributed by atoms with van der Waals surface area (Å²) >= 11 is 0. The first-order chi connectivity index (χ1) is 7.72. The lowest BCUT2D eigenvalue weighted by Crippen LogP contribution is -2.22. The van der Waals surface area contributed by atoms with Crippen molar-refractivity contribution in [3.8, 4) is 12.3 Å². The molecule has 1 N–H and O–H groups in total. The van der Waals surface area contributed by atoms with E-state index in [1.54, 1.807) is 0 Å². The highest BCUT2D eigenvalue weighted by atomic mass is 15.1. The molecular weight excluding hydrogens is 196 g/mol. The van der Waals surface area contributed by atoms with E-state index in [1.807, 2.05) is 7.05 Å². The fraction of sp³-hybridized carbons (Fsp3) is 0.429. The van der Waals surface area contributed by atoms with Gasteiger partial charge in [-0.25, -0.2) is 0 Å². The number of hydrogen-bond acceptors (Lipinski definition) is 2. The van der Waals surface area contributed by atoms with Crippen molar-refractivity contribution in [1.29, 1.82) is 0 Å². The molecule has 16 heavy (non-hydrogen) atoms. The van der Waals surface area contributed by atoms with Crippen LogP contribution < -0.4 is 10.2 Å². The van der Waals surface area contributed by atoms with Crippen LogP contribution in [0.1, 0.15) is 25.5 Å². The van der Waals surface area contributed by atoms with Crippen LogP contribution in [0.25, 0.3) is 0 Å². The van der Waals surface area contributed by atoms with Crippen molar-refractivity contribution < 1.29 is 0 Å². The van der Waals surface area contributed by atoms with Gasteiger partial charge in [-0.15, -0.1) is 6.42 Å². The molecule has 2 heteroatoms. The summed E-state index contributed by atoms with van der Waals surface area (Å²) in [4.78, 5) is 2.17. The Morgan fingerprint density at radius 2 is 2.00 bits per heavy atom. The van der Waals surface area contributed by atoms with Crippen molar-refractivity contribution in [2.45, 2.75) is 19.9 Å².